The number of anilines is 1. The van der Waals surface area contributed by atoms with Crippen molar-refractivity contribution in [3.63, 3.8) is 0 Å². The fourth-order valence-corrected chi connectivity index (χ4v) is 3.17. The molecule has 0 radical (unpaired) electrons. The van der Waals surface area contributed by atoms with Crippen LogP contribution < -0.4 is 5.32 Å². The number of hydrogen-bond donors (Lipinski definition) is 1. The maximum absolute atomic E-state index is 12.3. The van der Waals surface area contributed by atoms with E-state index in [2.05, 4.69) is 12.2 Å². The van der Waals surface area contributed by atoms with Gasteiger partial charge in [-0.15, -0.1) is 0 Å². The van der Waals surface area contributed by atoms with Crippen LogP contribution in [0.2, 0.25) is 0 Å². The zero-order valence-corrected chi connectivity index (χ0v) is 15.4. The Morgan fingerprint density at radius 1 is 1.31 bits per heavy atom. The number of ether oxygens (including phenoxy) is 1. The Labute approximate surface area is 152 Å². The van der Waals surface area contributed by atoms with E-state index < -0.39 is 10.9 Å². The van der Waals surface area contributed by atoms with Crippen LogP contribution in [0.4, 0.5) is 11.4 Å². The van der Waals surface area contributed by atoms with Gasteiger partial charge in [0.25, 0.3) is 11.6 Å². The van der Waals surface area contributed by atoms with Crippen LogP contribution in [0.25, 0.3) is 0 Å². The topological polar surface area (TPSA) is 102 Å². The molecule has 1 aromatic carbocycles. The summed E-state index contributed by atoms with van der Waals surface area (Å²) in [6.07, 6.45) is 4.08. The number of nitrogens with one attached hydrogen (secondary N) is 1. The number of hydrogen-bond acceptors (Lipinski definition) is 6. The number of carbonyl (C=O) groups excluding carboxylic acids is 2. The molecule has 0 atom stereocenters. The highest BCUT2D eigenvalue weighted by Crippen LogP contribution is 2.27. The van der Waals surface area contributed by atoms with E-state index in [1.807, 2.05) is 0 Å². The average Bonchev–Trinajstić information content (AvgIpc) is 2.65. The minimum atomic E-state index is -0.755. The lowest BCUT2D eigenvalue weighted by Crippen LogP contribution is -2.41. The Bertz CT molecular complexity index is 683. The molecule has 1 saturated carbocycles. The highest BCUT2D eigenvalue weighted by Gasteiger charge is 2.25. The fourth-order valence-electron chi connectivity index (χ4n) is 3.17. The molecule has 0 bridgehead atoms. The van der Waals surface area contributed by atoms with Crippen molar-refractivity contribution in [3.05, 3.63) is 33.9 Å². The van der Waals surface area contributed by atoms with Crippen LogP contribution in [-0.4, -0.2) is 48.4 Å². The molecule has 0 saturated heterocycles. The average molecular weight is 363 g/mol. The molecule has 1 N–H and O–H groups in total. The first-order valence-electron chi connectivity index (χ1n) is 8.72. The monoisotopic (exact) mass is 363 g/mol. The van der Waals surface area contributed by atoms with Gasteiger partial charge in [0.05, 0.1) is 10.5 Å². The molecule has 0 heterocycles. The first-order valence-corrected chi connectivity index (χ1v) is 8.72. The molecule has 1 aromatic rings. The Kier molecular flexibility index (Phi) is 6.54. The number of benzene rings is 1. The van der Waals surface area contributed by atoms with E-state index in [1.54, 1.807) is 19.0 Å². The molecule has 1 amide bonds. The SMILES string of the molecule is CNc1ccc(C(=O)OCC(=O)N(C)C2CCC(C)CC2)cc1[N+](=O)[O-]. The third kappa shape index (κ3) is 4.71. The molecule has 142 valence electrons. The smallest absolute Gasteiger partial charge is 0.338 e. The molecule has 0 aliphatic heterocycles. The first kappa shape index (κ1) is 19.7. The van der Waals surface area contributed by atoms with Crippen LogP contribution in [0.5, 0.6) is 0 Å². The third-order valence-electron chi connectivity index (χ3n) is 4.95. The van der Waals surface area contributed by atoms with Crippen LogP contribution >= 0.6 is 0 Å². The van der Waals surface area contributed by atoms with Crippen molar-refractivity contribution in [1.29, 1.82) is 0 Å². The van der Waals surface area contributed by atoms with Crippen LogP contribution in [0.15, 0.2) is 18.2 Å². The summed E-state index contributed by atoms with van der Waals surface area (Å²) < 4.78 is 5.06. The maximum Gasteiger partial charge on any atom is 0.338 e. The van der Waals surface area contributed by atoms with Crippen LogP contribution in [0.3, 0.4) is 0 Å². The van der Waals surface area contributed by atoms with Gasteiger partial charge in [0.1, 0.15) is 5.69 Å². The summed E-state index contributed by atoms with van der Waals surface area (Å²) in [5, 5.41) is 13.8. The van der Waals surface area contributed by atoms with E-state index in [0.717, 1.165) is 31.7 Å². The summed E-state index contributed by atoms with van der Waals surface area (Å²) in [4.78, 5) is 36.5. The van der Waals surface area contributed by atoms with Gasteiger partial charge in [-0.1, -0.05) is 6.92 Å². The highest BCUT2D eigenvalue weighted by atomic mass is 16.6. The second-order valence-corrected chi connectivity index (χ2v) is 6.73. The van der Waals surface area contributed by atoms with Crippen molar-refractivity contribution in [2.24, 2.45) is 5.92 Å². The molecule has 0 unspecified atom stereocenters. The summed E-state index contributed by atoms with van der Waals surface area (Å²) >= 11 is 0. The largest absolute Gasteiger partial charge is 0.452 e. The number of carbonyl (C=O) groups is 2. The molecular weight excluding hydrogens is 338 g/mol. The Hall–Kier alpha value is -2.64. The standard InChI is InChI=1S/C18H25N3O5/c1-12-4-7-14(8-5-12)20(3)17(22)11-26-18(23)13-6-9-15(19-2)16(10-13)21(24)25/h6,9-10,12,14,19H,4-5,7-8,11H2,1-3H3. The van der Waals surface area contributed by atoms with E-state index in [9.17, 15) is 19.7 Å². The summed E-state index contributed by atoms with van der Waals surface area (Å²) in [6, 6.07) is 4.18. The first-order chi connectivity index (χ1) is 12.3. The molecule has 8 nitrogen and oxygen atoms in total. The summed E-state index contributed by atoms with van der Waals surface area (Å²) in [7, 11) is 3.28. The van der Waals surface area contributed by atoms with Gasteiger partial charge in [-0.05, 0) is 43.7 Å². The molecule has 26 heavy (non-hydrogen) atoms. The van der Waals surface area contributed by atoms with Crippen molar-refractivity contribution in [2.45, 2.75) is 38.6 Å². The summed E-state index contributed by atoms with van der Waals surface area (Å²) in [5.41, 5.74) is 0.119. The molecule has 8 heteroatoms. The lowest BCUT2D eigenvalue weighted by Gasteiger charge is -2.33. The van der Waals surface area contributed by atoms with Gasteiger partial charge in [0, 0.05) is 26.2 Å². The van der Waals surface area contributed by atoms with E-state index in [-0.39, 0.29) is 29.8 Å². The lowest BCUT2D eigenvalue weighted by atomic mass is 9.87. The van der Waals surface area contributed by atoms with E-state index in [4.69, 9.17) is 4.74 Å². The maximum atomic E-state index is 12.3. The number of likely N-dealkylation sites (N-methyl/N-ethyl adjacent to an activating group) is 1. The number of nitrogens with zero attached hydrogens (tertiary/aromatic N) is 2. The molecule has 0 spiro atoms. The minimum Gasteiger partial charge on any atom is -0.452 e. The number of nitro benzene ring substituents is 1. The lowest BCUT2D eigenvalue weighted by molar-refractivity contribution is -0.384. The van der Waals surface area contributed by atoms with Gasteiger partial charge < -0.3 is 15.0 Å². The van der Waals surface area contributed by atoms with E-state index in [0.29, 0.717) is 11.6 Å². The normalized spacial score (nSPS) is 19.5. The van der Waals surface area contributed by atoms with Crippen molar-refractivity contribution in [1.82, 2.24) is 4.90 Å². The Morgan fingerprint density at radius 2 is 1.96 bits per heavy atom. The van der Waals surface area contributed by atoms with Gasteiger partial charge in [-0.2, -0.15) is 0 Å². The zero-order chi connectivity index (χ0) is 19.3. The number of amides is 1. The predicted octanol–water partition coefficient (Wildman–Crippen LogP) is 2.83. The van der Waals surface area contributed by atoms with Gasteiger partial charge in [0.15, 0.2) is 6.61 Å². The quantitative estimate of drug-likeness (QED) is 0.474. The molecule has 1 aliphatic carbocycles. The van der Waals surface area contributed by atoms with Crippen molar-refractivity contribution in [2.75, 3.05) is 26.0 Å². The summed E-state index contributed by atoms with van der Waals surface area (Å²) in [6.45, 7) is 1.83. The van der Waals surface area contributed by atoms with Crippen LogP contribution in [-0.2, 0) is 9.53 Å². The Balaban J connectivity index is 1.94. The van der Waals surface area contributed by atoms with E-state index >= 15 is 0 Å². The second kappa shape index (κ2) is 8.64. The van der Waals surface area contributed by atoms with Crippen LogP contribution in [0, 0.1) is 16.0 Å². The van der Waals surface area contributed by atoms with Crippen molar-refractivity contribution in [3.8, 4) is 0 Å². The van der Waals surface area contributed by atoms with E-state index in [1.165, 1.54) is 12.1 Å². The molecule has 1 aliphatic rings. The van der Waals surface area contributed by atoms with Crippen molar-refractivity contribution < 1.29 is 19.2 Å². The Morgan fingerprint density at radius 3 is 2.54 bits per heavy atom. The number of esters is 1. The highest BCUT2D eigenvalue weighted by molar-refractivity contribution is 5.93. The molecular formula is C18H25N3O5. The molecule has 0 aromatic heterocycles. The minimum absolute atomic E-state index is 0.0395. The predicted molar refractivity (Wildman–Crippen MR) is 97.1 cm³/mol. The number of rotatable bonds is 6. The molecule has 2 rings (SSSR count). The third-order valence-corrected chi connectivity index (χ3v) is 4.95. The van der Waals surface area contributed by atoms with Crippen molar-refractivity contribution >= 4 is 23.3 Å². The molecule has 1 fully saturated rings. The van der Waals surface area contributed by atoms with Gasteiger partial charge in [0.2, 0.25) is 0 Å². The van der Waals surface area contributed by atoms with Gasteiger partial charge in [-0.25, -0.2) is 4.79 Å². The zero-order valence-electron chi connectivity index (χ0n) is 15.4. The van der Waals surface area contributed by atoms with Gasteiger partial charge in [-0.3, -0.25) is 14.9 Å². The van der Waals surface area contributed by atoms with Crippen LogP contribution in [0.1, 0.15) is 43.0 Å². The number of nitro groups is 1. The fraction of sp³-hybridized carbons (Fsp3) is 0.556. The van der Waals surface area contributed by atoms with Gasteiger partial charge >= 0.3 is 5.97 Å². The second-order valence-electron chi connectivity index (χ2n) is 6.73. The summed E-state index contributed by atoms with van der Waals surface area (Å²) in [5.74, 6) is -0.335.